The summed E-state index contributed by atoms with van der Waals surface area (Å²) in [5, 5.41) is 2.78. The minimum atomic E-state index is -0.279. The predicted molar refractivity (Wildman–Crippen MR) is 101 cm³/mol. The van der Waals surface area contributed by atoms with Gasteiger partial charge in [-0.15, -0.1) is 0 Å². The summed E-state index contributed by atoms with van der Waals surface area (Å²) in [7, 11) is 3.08. The second kappa shape index (κ2) is 7.31. The third-order valence-electron chi connectivity index (χ3n) is 4.12. The summed E-state index contributed by atoms with van der Waals surface area (Å²) < 4.78 is 10.8. The molecular formula is C20H20N2O4. The van der Waals surface area contributed by atoms with Gasteiger partial charge in [0.1, 0.15) is 6.54 Å². The van der Waals surface area contributed by atoms with Crippen molar-refractivity contribution in [2.75, 3.05) is 31.0 Å². The fourth-order valence-electron chi connectivity index (χ4n) is 2.99. The van der Waals surface area contributed by atoms with E-state index in [1.165, 1.54) is 12.0 Å². The van der Waals surface area contributed by atoms with E-state index >= 15 is 0 Å². The number of anilines is 2. The molecular weight excluding hydrogens is 332 g/mol. The van der Waals surface area contributed by atoms with E-state index in [2.05, 4.69) is 5.32 Å². The van der Waals surface area contributed by atoms with E-state index in [1.54, 1.807) is 31.4 Å². The van der Waals surface area contributed by atoms with Crippen LogP contribution < -0.4 is 19.7 Å². The van der Waals surface area contributed by atoms with Gasteiger partial charge < -0.3 is 14.8 Å². The van der Waals surface area contributed by atoms with Crippen LogP contribution >= 0.6 is 0 Å². The lowest BCUT2D eigenvalue weighted by Crippen LogP contribution is -2.42. The third kappa shape index (κ3) is 3.13. The number of benzene rings is 2. The van der Waals surface area contributed by atoms with Crippen LogP contribution in [-0.4, -0.2) is 32.6 Å². The van der Waals surface area contributed by atoms with Crippen molar-refractivity contribution < 1.29 is 19.1 Å². The summed E-state index contributed by atoms with van der Waals surface area (Å²) in [5.41, 5.74) is 2.43. The number of carbonyl (C=O) groups is 2. The Morgan fingerprint density at radius 1 is 1.19 bits per heavy atom. The molecule has 1 heterocycles. The molecule has 0 radical (unpaired) electrons. The molecule has 6 nitrogen and oxygen atoms in total. The second-order valence-electron chi connectivity index (χ2n) is 5.76. The predicted octanol–water partition coefficient (Wildman–Crippen LogP) is 3.34. The number of allylic oxidation sites excluding steroid dienone is 1. The van der Waals surface area contributed by atoms with Gasteiger partial charge in [-0.1, -0.05) is 24.3 Å². The molecule has 26 heavy (non-hydrogen) atoms. The number of hydrogen-bond acceptors (Lipinski definition) is 4. The zero-order valence-corrected chi connectivity index (χ0v) is 14.9. The third-order valence-corrected chi connectivity index (χ3v) is 4.12. The number of amides is 2. The molecule has 134 valence electrons. The summed E-state index contributed by atoms with van der Waals surface area (Å²) in [5.74, 6) is 0.505. The minimum Gasteiger partial charge on any atom is -0.493 e. The molecule has 0 saturated heterocycles. The van der Waals surface area contributed by atoms with Crippen LogP contribution in [0.25, 0.3) is 6.08 Å². The Hall–Kier alpha value is -3.28. The molecule has 0 aliphatic carbocycles. The van der Waals surface area contributed by atoms with Crippen LogP contribution in [0.2, 0.25) is 0 Å². The molecule has 0 unspecified atom stereocenters. The van der Waals surface area contributed by atoms with Crippen LogP contribution in [0.5, 0.6) is 11.5 Å². The van der Waals surface area contributed by atoms with E-state index in [-0.39, 0.29) is 18.4 Å². The number of ether oxygens (including phenoxy) is 2. The summed E-state index contributed by atoms with van der Waals surface area (Å²) in [6.45, 7) is 1.84. The molecule has 0 aromatic heterocycles. The van der Waals surface area contributed by atoms with Crippen molar-refractivity contribution in [1.29, 1.82) is 0 Å². The van der Waals surface area contributed by atoms with Gasteiger partial charge in [0, 0.05) is 11.1 Å². The molecule has 0 atom stereocenters. The fraction of sp³-hybridized carbons (Fsp3) is 0.200. The molecule has 6 heteroatoms. The van der Waals surface area contributed by atoms with Crippen molar-refractivity contribution in [3.8, 4) is 11.5 Å². The number of para-hydroxylation sites is 2. The van der Waals surface area contributed by atoms with Gasteiger partial charge >= 0.3 is 0 Å². The highest BCUT2D eigenvalue weighted by Gasteiger charge is 2.28. The first-order chi connectivity index (χ1) is 12.6. The lowest BCUT2D eigenvalue weighted by molar-refractivity contribution is -0.115. The largest absolute Gasteiger partial charge is 0.493 e. The monoisotopic (exact) mass is 352 g/mol. The quantitative estimate of drug-likeness (QED) is 0.916. The van der Waals surface area contributed by atoms with E-state index in [4.69, 9.17) is 9.47 Å². The molecule has 1 N–H and O–H groups in total. The van der Waals surface area contributed by atoms with E-state index in [9.17, 15) is 9.59 Å². The first-order valence-corrected chi connectivity index (χ1v) is 8.18. The van der Waals surface area contributed by atoms with Crippen LogP contribution in [0.15, 0.2) is 42.5 Å². The Morgan fingerprint density at radius 2 is 1.96 bits per heavy atom. The number of methoxy groups -OCH3 is 2. The molecule has 2 aromatic rings. The van der Waals surface area contributed by atoms with Gasteiger partial charge in [-0.3, -0.25) is 14.5 Å². The number of hydrogen-bond donors (Lipinski definition) is 1. The number of fused-ring (bicyclic) bond motifs is 1. The molecule has 0 spiro atoms. The normalized spacial score (nSPS) is 13.3. The Bertz CT molecular complexity index is 889. The van der Waals surface area contributed by atoms with Crippen LogP contribution in [0.4, 0.5) is 11.4 Å². The first kappa shape index (κ1) is 17.5. The van der Waals surface area contributed by atoms with Gasteiger partial charge in [-0.05, 0) is 31.2 Å². The molecule has 1 aliphatic heterocycles. The average molecular weight is 352 g/mol. The SMILES string of the molecule is CC=Cc1cc(C(=O)N2CC(=O)Nc3ccccc32)cc(OC)c1OC. The van der Waals surface area contributed by atoms with Crippen molar-refractivity contribution in [3.63, 3.8) is 0 Å². The summed E-state index contributed by atoms with van der Waals surface area (Å²) >= 11 is 0. The number of nitrogens with zero attached hydrogens (tertiary/aromatic N) is 1. The smallest absolute Gasteiger partial charge is 0.258 e. The zero-order valence-electron chi connectivity index (χ0n) is 14.9. The molecule has 0 fully saturated rings. The Morgan fingerprint density at radius 3 is 2.65 bits per heavy atom. The summed E-state index contributed by atoms with van der Waals surface area (Å²) in [6.07, 6.45) is 3.70. The van der Waals surface area contributed by atoms with Gasteiger partial charge in [0.2, 0.25) is 5.91 Å². The van der Waals surface area contributed by atoms with Crippen molar-refractivity contribution in [2.45, 2.75) is 6.92 Å². The zero-order chi connectivity index (χ0) is 18.7. The molecule has 2 amide bonds. The van der Waals surface area contributed by atoms with Gasteiger partial charge in [0.05, 0.1) is 25.6 Å². The van der Waals surface area contributed by atoms with Gasteiger partial charge in [-0.25, -0.2) is 0 Å². The number of rotatable bonds is 4. The Balaban J connectivity index is 2.08. The Labute approximate surface area is 152 Å². The van der Waals surface area contributed by atoms with Gasteiger partial charge in [0.25, 0.3) is 5.91 Å². The van der Waals surface area contributed by atoms with Gasteiger partial charge in [0.15, 0.2) is 11.5 Å². The van der Waals surface area contributed by atoms with E-state index in [1.807, 2.05) is 31.2 Å². The van der Waals surface area contributed by atoms with Crippen LogP contribution in [0, 0.1) is 0 Å². The topological polar surface area (TPSA) is 67.9 Å². The van der Waals surface area contributed by atoms with Crippen molar-refractivity contribution in [1.82, 2.24) is 0 Å². The molecule has 0 bridgehead atoms. The highest BCUT2D eigenvalue weighted by molar-refractivity contribution is 6.15. The second-order valence-corrected chi connectivity index (χ2v) is 5.76. The highest BCUT2D eigenvalue weighted by atomic mass is 16.5. The minimum absolute atomic E-state index is 0.0385. The standard InChI is InChI=1S/C20H20N2O4/c1-4-7-13-10-14(11-17(25-2)19(13)26-3)20(24)22-12-18(23)21-15-8-5-6-9-16(15)22/h4-11H,12H2,1-3H3,(H,21,23). The van der Waals surface area contributed by atoms with E-state index in [0.717, 1.165) is 5.56 Å². The van der Waals surface area contributed by atoms with Crippen LogP contribution in [0.3, 0.4) is 0 Å². The van der Waals surface area contributed by atoms with Crippen LogP contribution in [-0.2, 0) is 4.79 Å². The van der Waals surface area contributed by atoms with Crippen molar-refractivity contribution in [3.05, 3.63) is 53.6 Å². The number of carbonyl (C=O) groups excluding carboxylic acids is 2. The van der Waals surface area contributed by atoms with E-state index in [0.29, 0.717) is 28.4 Å². The maximum Gasteiger partial charge on any atom is 0.258 e. The number of nitrogens with one attached hydrogen (secondary N) is 1. The average Bonchev–Trinajstić information content (AvgIpc) is 2.66. The molecule has 1 aliphatic rings. The maximum absolute atomic E-state index is 13.2. The fourth-order valence-corrected chi connectivity index (χ4v) is 2.99. The first-order valence-electron chi connectivity index (χ1n) is 8.18. The van der Waals surface area contributed by atoms with Crippen molar-refractivity contribution >= 4 is 29.3 Å². The maximum atomic E-state index is 13.2. The van der Waals surface area contributed by atoms with Crippen LogP contribution in [0.1, 0.15) is 22.8 Å². The van der Waals surface area contributed by atoms with E-state index < -0.39 is 0 Å². The molecule has 3 rings (SSSR count). The lowest BCUT2D eigenvalue weighted by Gasteiger charge is -2.29. The summed E-state index contributed by atoms with van der Waals surface area (Å²) in [4.78, 5) is 26.6. The lowest BCUT2D eigenvalue weighted by atomic mass is 10.1. The summed E-state index contributed by atoms with van der Waals surface area (Å²) in [6, 6.07) is 10.6. The Kier molecular flexibility index (Phi) is 4.93. The van der Waals surface area contributed by atoms with Gasteiger partial charge in [-0.2, -0.15) is 0 Å². The highest BCUT2D eigenvalue weighted by Crippen LogP contribution is 2.35. The molecule has 0 saturated carbocycles. The molecule has 2 aromatic carbocycles. The van der Waals surface area contributed by atoms with Crippen molar-refractivity contribution in [2.24, 2.45) is 0 Å².